The van der Waals surface area contributed by atoms with Gasteiger partial charge in [-0.05, 0) is 38.5 Å². The number of carbonyl (C=O) groups is 1. The minimum Gasteiger partial charge on any atom is -0.426 e. The topological polar surface area (TPSA) is 39.2 Å². The van der Waals surface area contributed by atoms with Gasteiger partial charge in [0.25, 0.3) is 0 Å². The minimum absolute atomic E-state index is 0.0156. The molecule has 21 heavy (non-hydrogen) atoms. The number of rotatable bonds is 3. The van der Waals surface area contributed by atoms with E-state index in [0.717, 1.165) is 11.1 Å². The van der Waals surface area contributed by atoms with Crippen LogP contribution in [-0.4, -0.2) is 11.0 Å². The van der Waals surface area contributed by atoms with Crippen LogP contribution in [0.1, 0.15) is 22.4 Å². The summed E-state index contributed by atoms with van der Waals surface area (Å²) in [6.45, 7) is 5.66. The molecule has 0 aliphatic heterocycles. The summed E-state index contributed by atoms with van der Waals surface area (Å²) in [7, 11) is 0. The van der Waals surface area contributed by atoms with Crippen LogP contribution in [0.15, 0.2) is 24.3 Å². The van der Waals surface area contributed by atoms with Crippen LogP contribution < -0.4 is 4.74 Å². The minimum atomic E-state index is -0.420. The number of carbonyl (C=O) groups excluding carboxylic acids is 1. The van der Waals surface area contributed by atoms with Gasteiger partial charge < -0.3 is 4.74 Å². The van der Waals surface area contributed by atoms with Crippen LogP contribution >= 0.6 is 23.2 Å². The van der Waals surface area contributed by atoms with Crippen LogP contribution in [0, 0.1) is 20.8 Å². The fourth-order valence-electron chi connectivity index (χ4n) is 2.00. The molecule has 0 aliphatic carbocycles. The highest BCUT2D eigenvalue weighted by Gasteiger charge is 2.15. The molecule has 0 aliphatic rings. The Morgan fingerprint density at radius 2 is 1.90 bits per heavy atom. The standard InChI is InChI=1S/C16H15Cl2NO2/c1-9-4-5-14(10(2)6-9)21-15(20)8-12-13(17)7-11(3)19-16(12)18/h4-7H,8H2,1-3H3. The summed E-state index contributed by atoms with van der Waals surface area (Å²) in [4.78, 5) is 16.1. The third kappa shape index (κ3) is 3.96. The third-order valence-electron chi connectivity index (χ3n) is 3.02. The second-order valence-electron chi connectivity index (χ2n) is 4.93. The first kappa shape index (κ1) is 15.8. The highest BCUT2D eigenvalue weighted by Crippen LogP contribution is 2.25. The molecule has 0 atom stereocenters. The number of hydrogen-bond acceptors (Lipinski definition) is 3. The SMILES string of the molecule is Cc1ccc(OC(=O)Cc2c(Cl)cc(C)nc2Cl)c(C)c1. The number of halogens is 2. The van der Waals surface area contributed by atoms with Gasteiger partial charge in [-0.25, -0.2) is 4.98 Å². The Labute approximate surface area is 133 Å². The van der Waals surface area contributed by atoms with E-state index in [4.69, 9.17) is 27.9 Å². The van der Waals surface area contributed by atoms with Crippen LogP contribution in [0.2, 0.25) is 10.2 Å². The van der Waals surface area contributed by atoms with Gasteiger partial charge in [0.1, 0.15) is 10.9 Å². The lowest BCUT2D eigenvalue weighted by molar-refractivity contribution is -0.133. The Hall–Kier alpha value is -1.58. The maximum Gasteiger partial charge on any atom is 0.315 e. The van der Waals surface area contributed by atoms with Crippen molar-refractivity contribution in [3.63, 3.8) is 0 Å². The van der Waals surface area contributed by atoms with E-state index in [-0.39, 0.29) is 11.6 Å². The number of nitrogens with zero attached hydrogens (tertiary/aromatic N) is 1. The molecule has 0 unspecified atom stereocenters. The van der Waals surface area contributed by atoms with Crippen molar-refractivity contribution in [2.75, 3.05) is 0 Å². The summed E-state index contributed by atoms with van der Waals surface area (Å²) < 4.78 is 5.36. The third-order valence-corrected chi connectivity index (χ3v) is 3.67. The molecule has 0 saturated heterocycles. The van der Waals surface area contributed by atoms with Gasteiger partial charge in [0.05, 0.1) is 6.42 Å². The van der Waals surface area contributed by atoms with E-state index in [9.17, 15) is 4.79 Å². The first-order chi connectivity index (χ1) is 9.86. The maximum absolute atomic E-state index is 12.0. The smallest absolute Gasteiger partial charge is 0.315 e. The lowest BCUT2D eigenvalue weighted by atomic mass is 10.1. The van der Waals surface area contributed by atoms with Crippen LogP contribution in [0.3, 0.4) is 0 Å². The molecular weight excluding hydrogens is 309 g/mol. The van der Waals surface area contributed by atoms with Gasteiger partial charge in [-0.1, -0.05) is 40.9 Å². The Kier molecular flexibility index (Phi) is 4.86. The molecule has 3 nitrogen and oxygen atoms in total. The van der Waals surface area contributed by atoms with Crippen molar-refractivity contribution in [2.45, 2.75) is 27.2 Å². The Morgan fingerprint density at radius 1 is 1.19 bits per heavy atom. The van der Waals surface area contributed by atoms with Gasteiger partial charge in [-0.2, -0.15) is 0 Å². The van der Waals surface area contributed by atoms with Crippen molar-refractivity contribution in [1.82, 2.24) is 4.98 Å². The predicted molar refractivity (Wildman–Crippen MR) is 84.2 cm³/mol. The first-order valence-corrected chi connectivity index (χ1v) is 7.22. The zero-order chi connectivity index (χ0) is 15.6. The van der Waals surface area contributed by atoms with Crippen LogP contribution in [0.25, 0.3) is 0 Å². The van der Waals surface area contributed by atoms with Crippen LogP contribution in [0.4, 0.5) is 0 Å². The Morgan fingerprint density at radius 3 is 2.52 bits per heavy atom. The van der Waals surface area contributed by atoms with Crippen molar-refractivity contribution in [3.05, 3.63) is 56.8 Å². The molecule has 0 radical (unpaired) electrons. The van der Waals surface area contributed by atoms with Gasteiger partial charge in [0, 0.05) is 16.3 Å². The van der Waals surface area contributed by atoms with Crippen molar-refractivity contribution in [1.29, 1.82) is 0 Å². The molecule has 1 aromatic heterocycles. The van der Waals surface area contributed by atoms with Gasteiger partial charge in [-0.3, -0.25) is 4.79 Å². The van der Waals surface area contributed by atoms with Crippen molar-refractivity contribution in [2.24, 2.45) is 0 Å². The fourth-order valence-corrected chi connectivity index (χ4v) is 2.66. The molecule has 0 spiro atoms. The molecule has 1 aromatic carbocycles. The van der Waals surface area contributed by atoms with Crippen molar-refractivity contribution >= 4 is 29.2 Å². The maximum atomic E-state index is 12.0. The van der Waals surface area contributed by atoms with Gasteiger partial charge in [-0.15, -0.1) is 0 Å². The van der Waals surface area contributed by atoms with Gasteiger partial charge in [0.2, 0.25) is 0 Å². The molecular formula is C16H15Cl2NO2. The molecule has 1 heterocycles. The zero-order valence-electron chi connectivity index (χ0n) is 12.0. The normalized spacial score (nSPS) is 10.5. The van der Waals surface area contributed by atoms with E-state index in [0.29, 0.717) is 22.0 Å². The number of hydrogen-bond donors (Lipinski definition) is 0. The predicted octanol–water partition coefficient (Wildman–Crippen LogP) is 4.46. The second kappa shape index (κ2) is 6.46. The second-order valence-corrected chi connectivity index (χ2v) is 5.70. The van der Waals surface area contributed by atoms with E-state index >= 15 is 0 Å². The highest BCUT2D eigenvalue weighted by atomic mass is 35.5. The van der Waals surface area contributed by atoms with Gasteiger partial charge in [0.15, 0.2) is 0 Å². The monoisotopic (exact) mass is 323 g/mol. The number of pyridine rings is 1. The van der Waals surface area contributed by atoms with Crippen LogP contribution in [0.5, 0.6) is 5.75 Å². The molecule has 5 heteroatoms. The number of benzene rings is 1. The zero-order valence-corrected chi connectivity index (χ0v) is 13.5. The van der Waals surface area contributed by atoms with E-state index in [1.54, 1.807) is 19.1 Å². The number of ether oxygens (including phenoxy) is 1. The summed E-state index contributed by atoms with van der Waals surface area (Å²) in [5.74, 6) is 0.120. The van der Waals surface area contributed by atoms with E-state index < -0.39 is 5.97 Å². The Bertz CT molecular complexity index is 676. The van der Waals surface area contributed by atoms with Crippen molar-refractivity contribution in [3.8, 4) is 5.75 Å². The average molecular weight is 324 g/mol. The molecule has 0 amide bonds. The summed E-state index contributed by atoms with van der Waals surface area (Å²) in [5.41, 5.74) is 3.21. The molecule has 0 saturated carbocycles. The van der Waals surface area contributed by atoms with E-state index in [1.165, 1.54) is 0 Å². The lowest BCUT2D eigenvalue weighted by Crippen LogP contribution is -2.13. The molecule has 110 valence electrons. The molecule has 0 N–H and O–H groups in total. The first-order valence-electron chi connectivity index (χ1n) is 6.46. The summed E-state index contributed by atoms with van der Waals surface area (Å²) in [6, 6.07) is 7.30. The molecule has 2 rings (SSSR count). The van der Waals surface area contributed by atoms with Crippen LogP contribution in [-0.2, 0) is 11.2 Å². The van der Waals surface area contributed by atoms with E-state index in [2.05, 4.69) is 4.98 Å². The summed E-state index contributed by atoms with van der Waals surface area (Å²) >= 11 is 12.1. The molecule has 2 aromatic rings. The fraction of sp³-hybridized carbons (Fsp3) is 0.250. The summed E-state index contributed by atoms with van der Waals surface area (Å²) in [6.07, 6.45) is -0.0156. The molecule has 0 fully saturated rings. The quantitative estimate of drug-likeness (QED) is 0.475. The van der Waals surface area contributed by atoms with Crippen molar-refractivity contribution < 1.29 is 9.53 Å². The summed E-state index contributed by atoms with van der Waals surface area (Å²) in [5, 5.41) is 0.655. The van der Waals surface area contributed by atoms with E-state index in [1.807, 2.05) is 26.0 Å². The largest absolute Gasteiger partial charge is 0.426 e. The molecule has 0 bridgehead atoms. The number of aryl methyl sites for hydroxylation is 3. The number of aromatic nitrogens is 1. The Balaban J connectivity index is 2.16. The number of esters is 1. The van der Waals surface area contributed by atoms with Gasteiger partial charge >= 0.3 is 5.97 Å². The highest BCUT2D eigenvalue weighted by molar-refractivity contribution is 6.35. The average Bonchev–Trinajstić information content (AvgIpc) is 2.37. The lowest BCUT2D eigenvalue weighted by Gasteiger charge is -2.10.